The number of nitrogen functional groups attached to an aromatic ring is 1. The molecule has 2 heterocycles. The quantitative estimate of drug-likeness (QED) is 0.0851. The molecule has 3 unspecified atom stereocenters. The van der Waals surface area contributed by atoms with E-state index in [1.54, 1.807) is 9.24 Å². The van der Waals surface area contributed by atoms with E-state index in [0.29, 0.717) is 25.6 Å². The molecule has 0 spiro atoms. The van der Waals surface area contributed by atoms with Crippen LogP contribution in [-0.2, 0) is 22.3 Å². The fraction of sp³-hybridized carbons (Fsp3) is 0.379. The van der Waals surface area contributed by atoms with Crippen LogP contribution >= 0.6 is 17.2 Å². The van der Waals surface area contributed by atoms with Gasteiger partial charge in [0, 0.05) is 21.9 Å². The lowest BCUT2D eigenvalue weighted by atomic mass is 9.99. The highest BCUT2D eigenvalue weighted by Crippen LogP contribution is 2.44. The molecule has 2 aromatic heterocycles. The Morgan fingerprint density at radius 3 is 2.54 bits per heavy atom. The van der Waals surface area contributed by atoms with Gasteiger partial charge < -0.3 is 24.8 Å². The van der Waals surface area contributed by atoms with E-state index in [2.05, 4.69) is 46.1 Å². The summed E-state index contributed by atoms with van der Waals surface area (Å²) < 4.78 is 30.5. The van der Waals surface area contributed by atoms with Gasteiger partial charge in [0.15, 0.2) is 5.82 Å². The van der Waals surface area contributed by atoms with Gasteiger partial charge in [-0.2, -0.15) is 4.39 Å². The van der Waals surface area contributed by atoms with Crippen LogP contribution in [0.25, 0.3) is 21.8 Å². The lowest BCUT2D eigenvalue weighted by molar-refractivity contribution is -0.164. The topological polar surface area (TPSA) is 135 Å². The number of nitrogens with zero attached hydrogens (tertiary/aromatic N) is 3. The van der Waals surface area contributed by atoms with E-state index in [1.807, 2.05) is 31.3 Å². The Kier molecular flexibility index (Phi) is 10.9. The molecule has 4 aromatic rings. The van der Waals surface area contributed by atoms with Gasteiger partial charge in [-0.05, 0) is 82.4 Å². The van der Waals surface area contributed by atoms with Crippen molar-refractivity contribution >= 4 is 44.8 Å². The summed E-state index contributed by atoms with van der Waals surface area (Å²) in [5.41, 5.74) is 12.5. The lowest BCUT2D eigenvalue weighted by Crippen LogP contribution is -2.18. The number of benzene rings is 2. The largest absolute Gasteiger partial charge is 0.607 e. The van der Waals surface area contributed by atoms with Gasteiger partial charge in [-0.3, -0.25) is 4.98 Å². The number of nitrogens with two attached hydrogens (primary N) is 1. The van der Waals surface area contributed by atoms with E-state index in [-0.39, 0.29) is 19.6 Å². The van der Waals surface area contributed by atoms with Crippen molar-refractivity contribution in [1.29, 1.82) is 0 Å². The first-order valence-electron chi connectivity index (χ1n) is 13.3. The number of hydrogen-bond acceptors (Lipinski definition) is 8. The number of ether oxygens (including phenoxy) is 3. The third kappa shape index (κ3) is 8.35. The van der Waals surface area contributed by atoms with Crippen molar-refractivity contribution in [3.05, 3.63) is 70.9 Å². The normalized spacial score (nSPS) is 13.6. The Morgan fingerprint density at radius 2 is 1.78 bits per heavy atom. The highest BCUT2D eigenvalue weighted by Gasteiger charge is 2.35. The van der Waals surface area contributed by atoms with E-state index in [0.717, 1.165) is 57.1 Å². The van der Waals surface area contributed by atoms with Gasteiger partial charge in [-0.1, -0.05) is 18.2 Å². The van der Waals surface area contributed by atoms with E-state index in [1.165, 1.54) is 5.56 Å². The Hall–Kier alpha value is -2.84. The average molecular weight is 601 g/mol. The smallest absolute Gasteiger partial charge is 0.293 e. The zero-order chi connectivity index (χ0) is 29.4. The molecule has 218 valence electrons. The molecule has 0 aliphatic heterocycles. The number of pyridine rings is 2. The Morgan fingerprint density at radius 1 is 1.02 bits per heavy atom. The fourth-order valence-electron chi connectivity index (χ4n) is 4.44. The minimum Gasteiger partial charge on any atom is -0.607 e. The van der Waals surface area contributed by atoms with Gasteiger partial charge in [-0.15, -0.1) is 0 Å². The van der Waals surface area contributed by atoms with Crippen LogP contribution in [-0.4, -0.2) is 53.4 Å². The van der Waals surface area contributed by atoms with E-state index >= 15 is 0 Å². The zero-order valence-electron chi connectivity index (χ0n) is 23.2. The lowest BCUT2D eigenvalue weighted by Gasteiger charge is -2.13. The molecule has 0 fully saturated rings. The minimum atomic E-state index is -2.72. The van der Waals surface area contributed by atoms with Crippen molar-refractivity contribution in [2.45, 2.75) is 38.3 Å². The Labute approximate surface area is 242 Å². The highest BCUT2D eigenvalue weighted by molar-refractivity contribution is 7.52. The van der Waals surface area contributed by atoms with Gasteiger partial charge in [0.1, 0.15) is 17.9 Å². The maximum atomic E-state index is 13.9. The molecule has 3 atom stereocenters. The number of rotatable bonds is 14. The molecule has 0 amide bonds. The number of alkyl halides is 1. The minimum absolute atomic E-state index is 0.0300. The summed E-state index contributed by atoms with van der Waals surface area (Å²) in [5.74, 6) is 1.22. The first kappa shape index (κ1) is 31.1. The predicted octanol–water partition coefficient (Wildman–Crippen LogP) is 5.40. The van der Waals surface area contributed by atoms with Crippen LogP contribution in [0.4, 0.5) is 10.2 Å². The molecule has 12 heteroatoms. The third-order valence-electron chi connectivity index (χ3n) is 6.73. The molecule has 9 nitrogen and oxygen atoms in total. The van der Waals surface area contributed by atoms with Crippen molar-refractivity contribution in [3.8, 4) is 5.75 Å². The van der Waals surface area contributed by atoms with Crippen molar-refractivity contribution in [2.24, 2.45) is 4.91 Å². The Bertz CT molecular complexity index is 1540. The summed E-state index contributed by atoms with van der Waals surface area (Å²) in [4.78, 5) is 22.9. The number of aromatic nitrogens is 2. The molecule has 0 bridgehead atoms. The maximum Gasteiger partial charge on any atom is 0.293 e. The molecule has 2 aromatic carbocycles. The summed E-state index contributed by atoms with van der Waals surface area (Å²) in [6.45, 7) is 5.47. The van der Waals surface area contributed by atoms with Crippen molar-refractivity contribution in [1.82, 2.24) is 9.97 Å². The third-order valence-corrected chi connectivity index (χ3v) is 8.71. The van der Waals surface area contributed by atoms with Crippen molar-refractivity contribution in [2.75, 3.05) is 38.8 Å². The van der Waals surface area contributed by atoms with E-state index < -0.39 is 13.1 Å². The van der Waals surface area contributed by atoms with Gasteiger partial charge in [0.25, 0.3) is 5.15 Å². The van der Waals surface area contributed by atoms with Crippen LogP contribution in [0, 0.1) is 13.8 Å². The number of fused-ring (bicyclic) bond motifs is 3. The van der Waals surface area contributed by atoms with Gasteiger partial charge in [0.05, 0.1) is 38.4 Å². The van der Waals surface area contributed by atoms with E-state index in [9.17, 15) is 9.28 Å². The number of aryl methyl sites for hydroxylation is 4. The van der Waals surface area contributed by atoms with Crippen LogP contribution in [0.5, 0.6) is 5.75 Å². The summed E-state index contributed by atoms with van der Waals surface area (Å²) in [5, 5.41) is 8.34. The maximum absolute atomic E-state index is 13.9. The Balaban J connectivity index is 1.21. The molecule has 0 aliphatic rings. The second-order valence-corrected chi connectivity index (χ2v) is 12.7. The van der Waals surface area contributed by atoms with Crippen LogP contribution in [0.1, 0.15) is 28.7 Å². The standard InChI is InChI=1S/C29H35FN4O5P2/c1-19-3-8-24-25-17-21(18-32-27(25)28(31)33-26(24)15-19)4-5-22-6-7-23(16-20(22)2)39-14-13-38-12-11-37-10-9-29(30,40)41(36)34-35/h3,6-8,15-18,35H,4-5,9-14,40H2,1-2H3,(H2,31,33). The second-order valence-electron chi connectivity index (χ2n) is 9.85. The molecule has 0 aliphatic carbocycles. The molecular formula is C29H35FN4O5P2. The second kappa shape index (κ2) is 14.4. The fourth-order valence-corrected chi connectivity index (χ4v) is 5.15. The monoisotopic (exact) mass is 600 g/mol. The molecule has 3 N–H and O–H groups in total. The first-order valence-corrected chi connectivity index (χ1v) is 15.1. The summed E-state index contributed by atoms with van der Waals surface area (Å²) in [6, 6.07) is 14.4. The number of halogens is 1. The molecular weight excluding hydrogens is 565 g/mol. The van der Waals surface area contributed by atoms with Crippen molar-refractivity contribution in [3.63, 3.8) is 0 Å². The molecule has 41 heavy (non-hydrogen) atoms. The summed E-state index contributed by atoms with van der Waals surface area (Å²) in [6.07, 6.45) is 3.42. The van der Waals surface area contributed by atoms with Crippen LogP contribution in [0.3, 0.4) is 0 Å². The summed E-state index contributed by atoms with van der Waals surface area (Å²) >= 11 is 0. The summed E-state index contributed by atoms with van der Waals surface area (Å²) in [7, 11) is -0.920. The van der Waals surface area contributed by atoms with Crippen LogP contribution in [0.15, 0.2) is 53.6 Å². The molecule has 0 radical (unpaired) electrons. The number of anilines is 1. The molecule has 4 rings (SSSR count). The van der Waals surface area contributed by atoms with Crippen LogP contribution in [0.2, 0.25) is 0 Å². The van der Waals surface area contributed by atoms with Gasteiger partial charge in [0.2, 0.25) is 7.94 Å². The number of hydrogen-bond donors (Lipinski definition) is 2. The SMILES string of the molecule is Cc1ccc2c(c1)nc(N)c1ncc(CCc3ccc(OCCOCCOCCC(F)(P)[P+]([O-])=NO)cc3C)cc12. The van der Waals surface area contributed by atoms with Gasteiger partial charge in [-0.25, -0.2) is 10.2 Å². The first-order chi connectivity index (χ1) is 19.7. The average Bonchev–Trinajstić information content (AvgIpc) is 2.95. The predicted molar refractivity (Wildman–Crippen MR) is 161 cm³/mol. The zero-order valence-corrected chi connectivity index (χ0v) is 25.2. The van der Waals surface area contributed by atoms with Crippen LogP contribution < -0.4 is 15.4 Å². The highest BCUT2D eigenvalue weighted by atomic mass is 31.1. The van der Waals surface area contributed by atoms with Crippen molar-refractivity contribution < 1.29 is 28.7 Å². The molecule has 0 saturated heterocycles. The van der Waals surface area contributed by atoms with Gasteiger partial charge >= 0.3 is 0 Å². The molecule has 0 saturated carbocycles. The van der Waals surface area contributed by atoms with E-state index in [4.69, 9.17) is 25.2 Å².